The van der Waals surface area contributed by atoms with Crippen molar-refractivity contribution < 1.29 is 14.6 Å². The molecule has 0 aliphatic carbocycles. The zero-order chi connectivity index (χ0) is 14.7. The number of ether oxygens (including phenoxy) is 1. The summed E-state index contributed by atoms with van der Waals surface area (Å²) in [5.41, 5.74) is 1.54. The molecule has 1 aromatic carbocycles. The Kier molecular flexibility index (Phi) is 3.93. The molecular formula is C14H16N2O4. The molecular weight excluding hydrogens is 260 g/mol. The predicted molar refractivity (Wildman–Crippen MR) is 72.7 cm³/mol. The number of esters is 1. The molecule has 1 atom stereocenters. The monoisotopic (exact) mass is 276 g/mol. The number of aromatic amines is 2. The Labute approximate surface area is 115 Å². The molecule has 0 radical (unpaired) electrons. The Balaban J connectivity index is 2.50. The van der Waals surface area contributed by atoms with Crippen LogP contribution in [0.1, 0.15) is 29.2 Å². The summed E-state index contributed by atoms with van der Waals surface area (Å²) in [7, 11) is 1.30. The van der Waals surface area contributed by atoms with Gasteiger partial charge in [0.1, 0.15) is 5.75 Å². The highest BCUT2D eigenvalue weighted by Gasteiger charge is 2.24. The first kappa shape index (κ1) is 13.9. The van der Waals surface area contributed by atoms with Gasteiger partial charge in [0.25, 0.3) is 5.56 Å². The number of aromatic hydroxyl groups is 1. The van der Waals surface area contributed by atoms with Crippen molar-refractivity contribution in [3.8, 4) is 5.75 Å². The van der Waals surface area contributed by atoms with Crippen molar-refractivity contribution in [2.75, 3.05) is 7.11 Å². The van der Waals surface area contributed by atoms with Crippen LogP contribution in [0.25, 0.3) is 0 Å². The van der Waals surface area contributed by atoms with Crippen LogP contribution >= 0.6 is 0 Å². The fourth-order valence-electron chi connectivity index (χ4n) is 2.25. The largest absolute Gasteiger partial charge is 0.508 e. The average Bonchev–Trinajstić information content (AvgIpc) is 2.75. The smallest absolute Gasteiger partial charge is 0.306 e. The molecule has 6 nitrogen and oxygen atoms in total. The van der Waals surface area contributed by atoms with Crippen molar-refractivity contribution in [2.24, 2.45) is 0 Å². The van der Waals surface area contributed by atoms with E-state index in [1.807, 2.05) is 0 Å². The first-order valence-corrected chi connectivity index (χ1v) is 6.15. The summed E-state index contributed by atoms with van der Waals surface area (Å²) < 4.78 is 4.69. The number of hydrogen-bond donors (Lipinski definition) is 3. The third-order valence-electron chi connectivity index (χ3n) is 3.23. The van der Waals surface area contributed by atoms with Crippen LogP contribution in [-0.2, 0) is 9.53 Å². The molecule has 0 amide bonds. The third kappa shape index (κ3) is 2.74. The Morgan fingerprint density at radius 1 is 1.40 bits per heavy atom. The van der Waals surface area contributed by atoms with Crippen molar-refractivity contribution in [2.45, 2.75) is 19.3 Å². The van der Waals surface area contributed by atoms with Crippen molar-refractivity contribution in [3.63, 3.8) is 0 Å². The zero-order valence-corrected chi connectivity index (χ0v) is 11.3. The molecule has 0 bridgehead atoms. The number of phenols is 1. The molecule has 0 aliphatic rings. The van der Waals surface area contributed by atoms with Gasteiger partial charge >= 0.3 is 5.97 Å². The van der Waals surface area contributed by atoms with Crippen molar-refractivity contribution >= 4 is 5.97 Å². The summed E-state index contributed by atoms with van der Waals surface area (Å²) >= 11 is 0. The van der Waals surface area contributed by atoms with Gasteiger partial charge in [-0.2, -0.15) is 0 Å². The predicted octanol–water partition coefficient (Wildman–Crippen LogP) is 1.41. The van der Waals surface area contributed by atoms with E-state index < -0.39 is 11.9 Å². The lowest BCUT2D eigenvalue weighted by molar-refractivity contribution is -0.140. The molecule has 2 aromatic rings. The molecule has 0 saturated heterocycles. The van der Waals surface area contributed by atoms with Crippen LogP contribution in [0.5, 0.6) is 5.75 Å². The van der Waals surface area contributed by atoms with Gasteiger partial charge in [-0.25, -0.2) is 0 Å². The van der Waals surface area contributed by atoms with Crippen LogP contribution in [0.2, 0.25) is 0 Å². The Morgan fingerprint density at radius 2 is 2.15 bits per heavy atom. The quantitative estimate of drug-likeness (QED) is 0.736. The summed E-state index contributed by atoms with van der Waals surface area (Å²) in [6.07, 6.45) is 0.0295. The average molecular weight is 276 g/mol. The summed E-state index contributed by atoms with van der Waals surface area (Å²) in [6.45, 7) is 1.75. The second-order valence-electron chi connectivity index (χ2n) is 4.55. The van der Waals surface area contributed by atoms with Crippen LogP contribution in [-0.4, -0.2) is 28.4 Å². The first-order valence-electron chi connectivity index (χ1n) is 6.15. The lowest BCUT2D eigenvalue weighted by atomic mass is 9.88. The van der Waals surface area contributed by atoms with E-state index in [1.54, 1.807) is 25.1 Å². The van der Waals surface area contributed by atoms with E-state index in [4.69, 9.17) is 0 Å². The minimum atomic E-state index is -0.468. The van der Waals surface area contributed by atoms with Gasteiger partial charge in [0.15, 0.2) is 0 Å². The van der Waals surface area contributed by atoms with Crippen LogP contribution in [0.15, 0.2) is 29.1 Å². The van der Waals surface area contributed by atoms with Gasteiger partial charge in [-0.1, -0.05) is 12.1 Å². The van der Waals surface area contributed by atoms with Crippen molar-refractivity contribution in [1.29, 1.82) is 0 Å². The van der Waals surface area contributed by atoms with Gasteiger partial charge < -0.3 is 14.9 Å². The molecule has 0 saturated carbocycles. The highest BCUT2D eigenvalue weighted by molar-refractivity contribution is 5.71. The molecule has 1 aromatic heterocycles. The SMILES string of the molecule is COC(=O)CC(c1cccc(O)c1)c1c(C)[nH][nH]c1=O. The maximum atomic E-state index is 11.9. The number of nitrogens with one attached hydrogen (secondary N) is 2. The lowest BCUT2D eigenvalue weighted by Gasteiger charge is -2.15. The lowest BCUT2D eigenvalue weighted by Crippen LogP contribution is -2.17. The molecule has 3 N–H and O–H groups in total. The van der Waals surface area contributed by atoms with Crippen LogP contribution in [0.3, 0.4) is 0 Å². The fourth-order valence-corrected chi connectivity index (χ4v) is 2.25. The van der Waals surface area contributed by atoms with Crippen molar-refractivity contribution in [3.05, 3.63) is 51.4 Å². The molecule has 2 rings (SSSR count). The number of aryl methyl sites for hydroxylation is 1. The topological polar surface area (TPSA) is 95.2 Å². The zero-order valence-electron chi connectivity index (χ0n) is 11.3. The minimum absolute atomic E-state index is 0.0295. The molecule has 106 valence electrons. The van der Waals surface area contributed by atoms with Gasteiger partial charge in [0.05, 0.1) is 13.5 Å². The van der Waals surface area contributed by atoms with Crippen molar-refractivity contribution in [1.82, 2.24) is 10.2 Å². The number of methoxy groups -OCH3 is 1. The third-order valence-corrected chi connectivity index (χ3v) is 3.23. The Hall–Kier alpha value is -2.50. The number of rotatable bonds is 4. The minimum Gasteiger partial charge on any atom is -0.508 e. The second-order valence-corrected chi connectivity index (χ2v) is 4.55. The fraction of sp³-hybridized carbons (Fsp3) is 0.286. The number of carbonyl (C=O) groups excluding carboxylic acids is 1. The number of benzene rings is 1. The number of aromatic nitrogens is 2. The summed E-state index contributed by atoms with van der Waals surface area (Å²) in [6, 6.07) is 6.51. The molecule has 6 heteroatoms. The number of hydrogen-bond acceptors (Lipinski definition) is 4. The van der Waals surface area contributed by atoms with Crippen LogP contribution in [0.4, 0.5) is 0 Å². The Morgan fingerprint density at radius 3 is 2.70 bits per heavy atom. The summed E-state index contributed by atoms with van der Waals surface area (Å²) in [5, 5.41) is 14.8. The van der Waals surface area contributed by atoms with E-state index in [9.17, 15) is 14.7 Å². The summed E-state index contributed by atoms with van der Waals surface area (Å²) in [4.78, 5) is 23.5. The van der Waals surface area contributed by atoms with E-state index >= 15 is 0 Å². The Bertz CT molecular complexity index is 672. The number of H-pyrrole nitrogens is 2. The molecule has 0 fully saturated rings. The van der Waals surface area contributed by atoms with Gasteiger partial charge in [-0.3, -0.25) is 14.7 Å². The number of phenolic OH excluding ortho intramolecular Hbond substituents is 1. The maximum Gasteiger partial charge on any atom is 0.306 e. The van der Waals surface area contributed by atoms with Crippen LogP contribution in [0, 0.1) is 6.92 Å². The molecule has 1 heterocycles. The highest BCUT2D eigenvalue weighted by Crippen LogP contribution is 2.29. The molecule has 20 heavy (non-hydrogen) atoms. The molecule has 0 aliphatic heterocycles. The second kappa shape index (κ2) is 5.64. The van der Waals surface area contributed by atoms with E-state index in [-0.39, 0.29) is 17.7 Å². The molecule has 0 spiro atoms. The maximum absolute atomic E-state index is 11.9. The normalized spacial score (nSPS) is 12.1. The van der Waals surface area contributed by atoms with Gasteiger partial charge in [0.2, 0.25) is 0 Å². The van der Waals surface area contributed by atoms with Crippen LogP contribution < -0.4 is 5.56 Å². The number of carbonyl (C=O) groups is 1. The van der Waals surface area contributed by atoms with Gasteiger partial charge in [-0.15, -0.1) is 0 Å². The first-order chi connectivity index (χ1) is 9.52. The molecule has 1 unspecified atom stereocenters. The standard InChI is InChI=1S/C14H16N2O4/c1-8-13(14(19)16-15-8)11(7-12(18)20-2)9-4-3-5-10(17)6-9/h3-6,11,17H,7H2,1-2H3,(H2,15,16,19). The van der Waals surface area contributed by atoms with E-state index in [0.29, 0.717) is 16.8 Å². The highest BCUT2D eigenvalue weighted by atomic mass is 16.5. The summed E-state index contributed by atoms with van der Waals surface area (Å²) in [5.74, 6) is -0.801. The van der Waals surface area contributed by atoms with E-state index in [0.717, 1.165) is 0 Å². The van der Waals surface area contributed by atoms with Gasteiger partial charge in [0, 0.05) is 17.2 Å². The van der Waals surface area contributed by atoms with E-state index in [2.05, 4.69) is 14.9 Å². The van der Waals surface area contributed by atoms with E-state index in [1.165, 1.54) is 13.2 Å². The van der Waals surface area contributed by atoms with Gasteiger partial charge in [-0.05, 0) is 24.6 Å².